The van der Waals surface area contributed by atoms with Gasteiger partial charge in [-0.1, -0.05) is 30.3 Å². The highest BCUT2D eigenvalue weighted by molar-refractivity contribution is 5.87. The van der Waals surface area contributed by atoms with Crippen LogP contribution in [-0.2, 0) is 10.3 Å². The van der Waals surface area contributed by atoms with Crippen LogP contribution >= 0.6 is 0 Å². The maximum atomic E-state index is 11.9. The summed E-state index contributed by atoms with van der Waals surface area (Å²) < 4.78 is 0. The van der Waals surface area contributed by atoms with E-state index >= 15 is 0 Å². The van der Waals surface area contributed by atoms with Crippen molar-refractivity contribution in [1.29, 1.82) is 0 Å². The van der Waals surface area contributed by atoms with Gasteiger partial charge in [0.05, 0.1) is 0 Å². The molecule has 0 radical (unpaired) electrons. The van der Waals surface area contributed by atoms with Gasteiger partial charge < -0.3 is 15.7 Å². The van der Waals surface area contributed by atoms with E-state index in [9.17, 15) is 14.7 Å². The van der Waals surface area contributed by atoms with Crippen molar-refractivity contribution >= 4 is 12.0 Å². The second-order valence-corrected chi connectivity index (χ2v) is 4.70. The van der Waals surface area contributed by atoms with E-state index in [4.69, 9.17) is 6.42 Å². The van der Waals surface area contributed by atoms with E-state index in [1.165, 1.54) is 6.92 Å². The Morgan fingerprint density at radius 1 is 1.40 bits per heavy atom. The van der Waals surface area contributed by atoms with Crippen molar-refractivity contribution in [2.45, 2.75) is 31.8 Å². The topological polar surface area (TPSA) is 78.4 Å². The molecular formula is C15H18N2O3. The Labute approximate surface area is 118 Å². The number of urea groups is 1. The molecule has 1 aromatic carbocycles. The number of carbonyl (C=O) groups excluding carboxylic acids is 1. The van der Waals surface area contributed by atoms with E-state index in [1.807, 2.05) is 0 Å². The number of rotatable bonds is 5. The molecular weight excluding hydrogens is 256 g/mol. The lowest BCUT2D eigenvalue weighted by molar-refractivity contribution is -0.144. The molecule has 0 saturated heterocycles. The number of carboxylic acid groups (broad SMARTS) is 1. The summed E-state index contributed by atoms with van der Waals surface area (Å²) >= 11 is 0. The molecule has 3 N–H and O–H groups in total. The predicted octanol–water partition coefficient (Wildman–Crippen LogP) is 1.70. The third-order valence-corrected chi connectivity index (χ3v) is 2.94. The number of benzene rings is 1. The van der Waals surface area contributed by atoms with Crippen LogP contribution in [0.15, 0.2) is 30.3 Å². The molecule has 2 unspecified atom stereocenters. The first-order valence-corrected chi connectivity index (χ1v) is 6.21. The van der Waals surface area contributed by atoms with Crippen LogP contribution in [0.25, 0.3) is 0 Å². The van der Waals surface area contributed by atoms with Crippen LogP contribution < -0.4 is 10.6 Å². The molecule has 0 heterocycles. The number of hydrogen-bond donors (Lipinski definition) is 3. The van der Waals surface area contributed by atoms with Gasteiger partial charge in [-0.25, -0.2) is 9.59 Å². The molecule has 0 aliphatic rings. The number of carbonyl (C=O) groups is 2. The Balaban J connectivity index is 2.86. The summed E-state index contributed by atoms with van der Waals surface area (Å²) in [6.45, 7) is 3.19. The minimum Gasteiger partial charge on any atom is -0.479 e. The quantitative estimate of drug-likeness (QED) is 0.715. The summed E-state index contributed by atoms with van der Waals surface area (Å²) in [6.07, 6.45) is 5.53. The van der Waals surface area contributed by atoms with Gasteiger partial charge in [-0.3, -0.25) is 0 Å². The van der Waals surface area contributed by atoms with Crippen LogP contribution in [0.4, 0.5) is 4.79 Å². The highest BCUT2D eigenvalue weighted by Crippen LogP contribution is 2.20. The third-order valence-electron chi connectivity index (χ3n) is 2.94. The van der Waals surface area contributed by atoms with Gasteiger partial charge in [0, 0.05) is 12.5 Å². The summed E-state index contributed by atoms with van der Waals surface area (Å²) in [4.78, 5) is 23.4. The maximum absolute atomic E-state index is 11.9. The Kier molecular flexibility index (Phi) is 5.15. The standard InChI is InChI=1S/C15H18N2O3/c1-4-8-11(2)16-14(20)17-15(3,13(18)19)12-9-6-5-7-10-12/h1,5-7,9-11H,8H2,2-3H3,(H,18,19)(H2,16,17,20). The van der Waals surface area contributed by atoms with E-state index in [1.54, 1.807) is 37.3 Å². The van der Waals surface area contributed by atoms with Gasteiger partial charge in [0.15, 0.2) is 5.54 Å². The van der Waals surface area contributed by atoms with Crippen LogP contribution in [-0.4, -0.2) is 23.1 Å². The van der Waals surface area contributed by atoms with E-state index in [0.717, 1.165) is 0 Å². The molecule has 1 aromatic rings. The average molecular weight is 274 g/mol. The lowest BCUT2D eigenvalue weighted by Crippen LogP contribution is -2.54. The Morgan fingerprint density at radius 2 is 2.00 bits per heavy atom. The van der Waals surface area contributed by atoms with Crippen LogP contribution in [0.1, 0.15) is 25.8 Å². The highest BCUT2D eigenvalue weighted by Gasteiger charge is 2.36. The number of terminal acetylenes is 1. The van der Waals surface area contributed by atoms with E-state index < -0.39 is 17.5 Å². The Morgan fingerprint density at radius 3 is 2.50 bits per heavy atom. The van der Waals surface area contributed by atoms with Crippen molar-refractivity contribution < 1.29 is 14.7 Å². The lowest BCUT2D eigenvalue weighted by Gasteiger charge is -2.27. The van der Waals surface area contributed by atoms with Crippen LogP contribution in [0.2, 0.25) is 0 Å². The molecule has 5 heteroatoms. The van der Waals surface area contributed by atoms with Crippen molar-refractivity contribution in [2.24, 2.45) is 0 Å². The van der Waals surface area contributed by atoms with Crippen LogP contribution in [0.3, 0.4) is 0 Å². The van der Waals surface area contributed by atoms with Crippen LogP contribution in [0, 0.1) is 12.3 Å². The summed E-state index contributed by atoms with van der Waals surface area (Å²) in [7, 11) is 0. The molecule has 0 aliphatic carbocycles. The second-order valence-electron chi connectivity index (χ2n) is 4.70. The molecule has 2 atom stereocenters. The van der Waals surface area contributed by atoms with E-state index in [-0.39, 0.29) is 6.04 Å². The predicted molar refractivity (Wildman–Crippen MR) is 76.0 cm³/mol. The largest absolute Gasteiger partial charge is 0.479 e. The molecule has 0 bridgehead atoms. The van der Waals surface area contributed by atoms with Gasteiger partial charge in [-0.05, 0) is 19.4 Å². The summed E-state index contributed by atoms with van der Waals surface area (Å²) in [6, 6.07) is 7.73. The number of carboxylic acids is 1. The Bertz CT molecular complexity index is 522. The van der Waals surface area contributed by atoms with Crippen LogP contribution in [0.5, 0.6) is 0 Å². The molecule has 5 nitrogen and oxygen atoms in total. The summed E-state index contributed by atoms with van der Waals surface area (Å²) in [5.74, 6) is 1.30. The molecule has 20 heavy (non-hydrogen) atoms. The SMILES string of the molecule is C#CCC(C)NC(=O)NC(C)(C(=O)O)c1ccccc1. The first-order chi connectivity index (χ1) is 9.40. The first-order valence-electron chi connectivity index (χ1n) is 6.21. The average Bonchev–Trinajstić information content (AvgIpc) is 2.39. The zero-order chi connectivity index (χ0) is 15.2. The van der Waals surface area contributed by atoms with Gasteiger partial charge in [-0.2, -0.15) is 0 Å². The molecule has 0 aliphatic heterocycles. The summed E-state index contributed by atoms with van der Waals surface area (Å²) in [5, 5.41) is 14.5. The normalized spacial score (nSPS) is 14.4. The zero-order valence-electron chi connectivity index (χ0n) is 11.5. The molecule has 106 valence electrons. The van der Waals surface area contributed by atoms with Crippen molar-refractivity contribution in [3.63, 3.8) is 0 Å². The number of aliphatic carboxylic acids is 1. The van der Waals surface area contributed by atoms with Gasteiger partial charge in [0.1, 0.15) is 0 Å². The fraction of sp³-hybridized carbons (Fsp3) is 0.333. The number of amides is 2. The van der Waals surface area contributed by atoms with Gasteiger partial charge in [-0.15, -0.1) is 12.3 Å². The molecule has 2 amide bonds. The fourth-order valence-electron chi connectivity index (χ4n) is 1.74. The molecule has 0 aromatic heterocycles. The molecule has 0 spiro atoms. The number of nitrogens with one attached hydrogen (secondary N) is 2. The molecule has 0 saturated carbocycles. The van der Waals surface area contributed by atoms with Gasteiger partial charge in [0.25, 0.3) is 0 Å². The monoisotopic (exact) mass is 274 g/mol. The molecule has 0 fully saturated rings. The maximum Gasteiger partial charge on any atom is 0.333 e. The van der Waals surface area contributed by atoms with E-state index in [0.29, 0.717) is 12.0 Å². The summed E-state index contributed by atoms with van der Waals surface area (Å²) in [5.41, 5.74) is -1.01. The van der Waals surface area contributed by atoms with Crippen molar-refractivity contribution in [2.75, 3.05) is 0 Å². The lowest BCUT2D eigenvalue weighted by atomic mass is 9.92. The fourth-order valence-corrected chi connectivity index (χ4v) is 1.74. The van der Waals surface area contributed by atoms with Crippen molar-refractivity contribution in [3.05, 3.63) is 35.9 Å². The minimum atomic E-state index is -1.50. The molecule has 1 rings (SSSR count). The minimum absolute atomic E-state index is 0.228. The van der Waals surface area contributed by atoms with Gasteiger partial charge >= 0.3 is 12.0 Å². The van der Waals surface area contributed by atoms with Crippen molar-refractivity contribution in [1.82, 2.24) is 10.6 Å². The van der Waals surface area contributed by atoms with E-state index in [2.05, 4.69) is 16.6 Å². The third kappa shape index (κ3) is 3.75. The Hall–Kier alpha value is -2.48. The smallest absolute Gasteiger partial charge is 0.333 e. The number of hydrogen-bond acceptors (Lipinski definition) is 2. The first kappa shape index (κ1) is 15.6. The zero-order valence-corrected chi connectivity index (χ0v) is 11.5. The van der Waals surface area contributed by atoms with Gasteiger partial charge in [0.2, 0.25) is 0 Å². The highest BCUT2D eigenvalue weighted by atomic mass is 16.4. The second kappa shape index (κ2) is 6.62. The van der Waals surface area contributed by atoms with Crippen molar-refractivity contribution in [3.8, 4) is 12.3 Å².